The predicted molar refractivity (Wildman–Crippen MR) is 84.7 cm³/mol. The van der Waals surface area contributed by atoms with Crippen LogP contribution >= 0.6 is 11.6 Å². The zero-order valence-corrected chi connectivity index (χ0v) is 14.3. The number of halogens is 1. The molecule has 1 amide bonds. The largest absolute Gasteiger partial charge is 0.444 e. The standard InChI is InChI=1S/C15H23ClN4O2/c1-15(2,3)22-14(21)20-8-6-12(10-20)19(4)9-11-5-7-17-13(16)18-11/h5,7,12H,6,8-10H2,1-4H3/t12-/m1/s1. The zero-order valence-electron chi connectivity index (χ0n) is 13.5. The fourth-order valence-corrected chi connectivity index (χ4v) is 2.60. The quantitative estimate of drug-likeness (QED) is 0.799. The SMILES string of the molecule is CN(Cc1ccnc(Cl)n1)[C@@H]1CCN(C(=O)OC(C)(C)C)C1. The Balaban J connectivity index is 1.88. The number of hydrogen-bond acceptors (Lipinski definition) is 5. The van der Waals surface area contributed by atoms with E-state index in [1.165, 1.54) is 0 Å². The third kappa shape index (κ3) is 4.81. The van der Waals surface area contributed by atoms with Gasteiger partial charge in [-0.3, -0.25) is 4.90 Å². The molecule has 122 valence electrons. The number of amides is 1. The Morgan fingerprint density at radius 3 is 2.91 bits per heavy atom. The fraction of sp³-hybridized carbons (Fsp3) is 0.667. The summed E-state index contributed by atoms with van der Waals surface area (Å²) in [5.74, 6) is 0. The summed E-state index contributed by atoms with van der Waals surface area (Å²) in [6.45, 7) is 7.70. The summed E-state index contributed by atoms with van der Waals surface area (Å²) < 4.78 is 5.41. The molecular formula is C15H23ClN4O2. The van der Waals surface area contributed by atoms with E-state index in [1.807, 2.05) is 33.9 Å². The van der Waals surface area contributed by atoms with Crippen molar-refractivity contribution >= 4 is 17.7 Å². The minimum Gasteiger partial charge on any atom is -0.444 e. The van der Waals surface area contributed by atoms with Gasteiger partial charge in [0, 0.05) is 31.9 Å². The van der Waals surface area contributed by atoms with Crippen molar-refractivity contribution in [2.75, 3.05) is 20.1 Å². The van der Waals surface area contributed by atoms with Crippen LogP contribution in [0, 0.1) is 0 Å². The highest BCUT2D eigenvalue weighted by Gasteiger charge is 2.31. The van der Waals surface area contributed by atoms with Gasteiger partial charge < -0.3 is 9.64 Å². The van der Waals surface area contributed by atoms with E-state index in [0.29, 0.717) is 25.7 Å². The minimum absolute atomic E-state index is 0.242. The Kier molecular flexibility index (Phi) is 5.24. The number of hydrogen-bond donors (Lipinski definition) is 0. The Bertz CT molecular complexity index is 533. The lowest BCUT2D eigenvalue weighted by Gasteiger charge is -2.26. The van der Waals surface area contributed by atoms with Crippen molar-refractivity contribution in [1.29, 1.82) is 0 Å². The van der Waals surface area contributed by atoms with E-state index in [-0.39, 0.29) is 11.4 Å². The first kappa shape index (κ1) is 17.0. The first-order chi connectivity index (χ1) is 10.2. The average molecular weight is 327 g/mol. The van der Waals surface area contributed by atoms with Gasteiger partial charge in [-0.05, 0) is 51.9 Å². The van der Waals surface area contributed by atoms with Gasteiger partial charge >= 0.3 is 6.09 Å². The van der Waals surface area contributed by atoms with Gasteiger partial charge in [0.05, 0.1) is 5.69 Å². The van der Waals surface area contributed by atoms with E-state index in [1.54, 1.807) is 11.1 Å². The van der Waals surface area contributed by atoms with E-state index in [9.17, 15) is 4.79 Å². The maximum atomic E-state index is 12.1. The first-order valence-corrected chi connectivity index (χ1v) is 7.78. The minimum atomic E-state index is -0.460. The van der Waals surface area contributed by atoms with Crippen LogP contribution in [-0.4, -0.2) is 57.6 Å². The predicted octanol–water partition coefficient (Wildman–Crippen LogP) is 2.57. The normalized spacial score (nSPS) is 18.8. The van der Waals surface area contributed by atoms with Crippen LogP contribution in [0.3, 0.4) is 0 Å². The molecule has 0 aliphatic carbocycles. The number of carbonyl (C=O) groups excluding carboxylic acids is 1. The molecule has 1 aliphatic rings. The van der Waals surface area contributed by atoms with Gasteiger partial charge in [0.15, 0.2) is 0 Å². The van der Waals surface area contributed by atoms with Gasteiger partial charge in [0.1, 0.15) is 5.60 Å². The van der Waals surface area contributed by atoms with Crippen molar-refractivity contribution in [1.82, 2.24) is 19.8 Å². The van der Waals surface area contributed by atoms with E-state index in [2.05, 4.69) is 14.9 Å². The van der Waals surface area contributed by atoms with Crippen LogP contribution in [0.2, 0.25) is 5.28 Å². The highest BCUT2D eigenvalue weighted by molar-refractivity contribution is 6.28. The first-order valence-electron chi connectivity index (χ1n) is 7.40. The average Bonchev–Trinajstić information content (AvgIpc) is 2.86. The molecule has 1 fully saturated rings. The summed E-state index contributed by atoms with van der Waals surface area (Å²) in [5.41, 5.74) is 0.414. The maximum absolute atomic E-state index is 12.1. The van der Waals surface area contributed by atoms with Crippen LogP contribution in [0.4, 0.5) is 4.79 Å². The van der Waals surface area contributed by atoms with Gasteiger partial charge in [-0.15, -0.1) is 0 Å². The van der Waals surface area contributed by atoms with Gasteiger partial charge in [0.2, 0.25) is 5.28 Å². The van der Waals surface area contributed by atoms with E-state index in [4.69, 9.17) is 16.3 Å². The Morgan fingerprint density at radius 1 is 1.55 bits per heavy atom. The number of carbonyl (C=O) groups is 1. The lowest BCUT2D eigenvalue weighted by molar-refractivity contribution is 0.0282. The molecule has 0 aromatic carbocycles. The molecule has 2 heterocycles. The molecule has 22 heavy (non-hydrogen) atoms. The summed E-state index contributed by atoms with van der Waals surface area (Å²) in [5, 5.41) is 0.257. The molecule has 1 atom stereocenters. The molecular weight excluding hydrogens is 304 g/mol. The number of likely N-dealkylation sites (N-methyl/N-ethyl adjacent to an activating group) is 1. The van der Waals surface area contributed by atoms with Crippen LogP contribution in [0.1, 0.15) is 32.9 Å². The number of aromatic nitrogens is 2. The topological polar surface area (TPSA) is 58.6 Å². The zero-order chi connectivity index (χ0) is 16.3. The third-order valence-corrected chi connectivity index (χ3v) is 3.72. The van der Waals surface area contributed by atoms with Crippen molar-refractivity contribution in [2.24, 2.45) is 0 Å². The molecule has 0 N–H and O–H groups in total. The highest BCUT2D eigenvalue weighted by atomic mass is 35.5. The molecule has 1 saturated heterocycles. The summed E-state index contributed by atoms with van der Waals surface area (Å²) in [6.07, 6.45) is 2.34. The van der Waals surface area contributed by atoms with E-state index >= 15 is 0 Å². The van der Waals surface area contributed by atoms with E-state index < -0.39 is 5.60 Å². The Hall–Kier alpha value is -1.40. The number of ether oxygens (including phenoxy) is 1. The highest BCUT2D eigenvalue weighted by Crippen LogP contribution is 2.19. The summed E-state index contributed by atoms with van der Waals surface area (Å²) >= 11 is 5.80. The van der Waals surface area contributed by atoms with Crippen molar-refractivity contribution in [3.8, 4) is 0 Å². The fourth-order valence-electron chi connectivity index (χ4n) is 2.44. The molecule has 0 radical (unpaired) electrons. The Morgan fingerprint density at radius 2 is 2.27 bits per heavy atom. The molecule has 6 nitrogen and oxygen atoms in total. The van der Waals surface area contributed by atoms with Crippen molar-refractivity contribution < 1.29 is 9.53 Å². The van der Waals surface area contributed by atoms with Gasteiger partial charge in [-0.2, -0.15) is 0 Å². The number of rotatable bonds is 3. The second-order valence-electron chi connectivity index (χ2n) is 6.60. The van der Waals surface area contributed by atoms with E-state index in [0.717, 1.165) is 12.1 Å². The molecule has 0 saturated carbocycles. The molecule has 0 unspecified atom stereocenters. The van der Waals surface area contributed by atoms with Crippen molar-refractivity contribution in [3.05, 3.63) is 23.2 Å². The lowest BCUT2D eigenvalue weighted by Crippen LogP contribution is -2.38. The summed E-state index contributed by atoms with van der Waals surface area (Å²) in [7, 11) is 2.03. The Labute approximate surface area is 136 Å². The van der Waals surface area contributed by atoms with Crippen molar-refractivity contribution in [2.45, 2.75) is 45.4 Å². The van der Waals surface area contributed by atoms with Gasteiger partial charge in [-0.25, -0.2) is 14.8 Å². The van der Waals surface area contributed by atoms with Crippen LogP contribution in [-0.2, 0) is 11.3 Å². The molecule has 0 bridgehead atoms. The van der Waals surface area contributed by atoms with Crippen LogP contribution in [0.25, 0.3) is 0 Å². The van der Waals surface area contributed by atoms with Crippen LogP contribution < -0.4 is 0 Å². The molecule has 1 aromatic heterocycles. The van der Waals surface area contributed by atoms with Crippen molar-refractivity contribution in [3.63, 3.8) is 0 Å². The van der Waals surface area contributed by atoms with Gasteiger partial charge in [-0.1, -0.05) is 0 Å². The molecule has 1 aliphatic heterocycles. The second kappa shape index (κ2) is 6.79. The number of likely N-dealkylation sites (tertiary alicyclic amines) is 1. The lowest BCUT2D eigenvalue weighted by atomic mass is 10.2. The smallest absolute Gasteiger partial charge is 0.410 e. The molecule has 7 heteroatoms. The summed E-state index contributed by atoms with van der Waals surface area (Å²) in [4.78, 5) is 24.1. The van der Waals surface area contributed by atoms with Crippen LogP contribution in [0.5, 0.6) is 0 Å². The summed E-state index contributed by atoms with van der Waals surface area (Å²) in [6, 6.07) is 2.14. The van der Waals surface area contributed by atoms with Crippen LogP contribution in [0.15, 0.2) is 12.3 Å². The molecule has 1 aromatic rings. The monoisotopic (exact) mass is 326 g/mol. The number of nitrogens with zero attached hydrogens (tertiary/aromatic N) is 4. The second-order valence-corrected chi connectivity index (χ2v) is 6.94. The molecule has 2 rings (SSSR count). The molecule has 0 spiro atoms. The maximum Gasteiger partial charge on any atom is 0.410 e. The van der Waals surface area contributed by atoms with Gasteiger partial charge in [0.25, 0.3) is 0 Å². The third-order valence-electron chi connectivity index (χ3n) is 3.53.